The number of rotatable bonds is 4. The third-order valence-corrected chi connectivity index (χ3v) is 5.35. The first-order valence-corrected chi connectivity index (χ1v) is 9.30. The van der Waals surface area contributed by atoms with Gasteiger partial charge in [-0.15, -0.1) is 0 Å². The maximum Gasteiger partial charge on any atom is 0.269 e. The molecule has 0 radical (unpaired) electrons. The molecule has 4 aromatic carbocycles. The molecule has 0 atom stereocenters. The minimum Gasteiger partial charge on any atom is -0.258 e. The SMILES string of the molecule is O=[N+]([O-])c1ccc(C(=C2c3cc4ccccc4cc32)c2ccc([N+](=O)[O-])cc2)cc1. The molecule has 0 amide bonds. The van der Waals surface area contributed by atoms with E-state index in [0.29, 0.717) is 0 Å². The van der Waals surface area contributed by atoms with E-state index in [-0.39, 0.29) is 11.4 Å². The van der Waals surface area contributed by atoms with Crippen molar-refractivity contribution in [3.05, 3.63) is 127 Å². The van der Waals surface area contributed by atoms with E-state index in [1.165, 1.54) is 24.3 Å². The number of nitrogens with zero attached hydrogens (tertiary/aromatic N) is 2. The van der Waals surface area contributed by atoms with Crippen LogP contribution in [0.5, 0.6) is 0 Å². The molecular weight excluding hydrogens is 380 g/mol. The largest absolute Gasteiger partial charge is 0.269 e. The molecule has 1 aliphatic carbocycles. The normalized spacial score (nSPS) is 11.8. The smallest absolute Gasteiger partial charge is 0.258 e. The lowest BCUT2D eigenvalue weighted by Gasteiger charge is -2.08. The molecule has 0 N–H and O–H groups in total. The van der Waals surface area contributed by atoms with Crippen LogP contribution in [0.2, 0.25) is 0 Å². The van der Waals surface area contributed by atoms with Gasteiger partial charge < -0.3 is 0 Å². The first kappa shape index (κ1) is 17.8. The third kappa shape index (κ3) is 2.91. The molecule has 0 saturated carbocycles. The van der Waals surface area contributed by atoms with Gasteiger partial charge in [-0.2, -0.15) is 0 Å². The molecule has 5 rings (SSSR count). The van der Waals surface area contributed by atoms with E-state index < -0.39 is 9.85 Å². The lowest BCUT2D eigenvalue weighted by Crippen LogP contribution is -1.92. The lowest BCUT2D eigenvalue weighted by molar-refractivity contribution is -0.385. The van der Waals surface area contributed by atoms with E-state index in [1.54, 1.807) is 24.3 Å². The third-order valence-electron chi connectivity index (χ3n) is 5.35. The van der Waals surface area contributed by atoms with Crippen molar-refractivity contribution >= 4 is 33.3 Å². The molecule has 0 aromatic heterocycles. The molecule has 0 unspecified atom stereocenters. The molecule has 0 saturated heterocycles. The summed E-state index contributed by atoms with van der Waals surface area (Å²) in [6.07, 6.45) is 0. The summed E-state index contributed by atoms with van der Waals surface area (Å²) in [7, 11) is 0. The van der Waals surface area contributed by atoms with Crippen molar-refractivity contribution in [2.75, 3.05) is 0 Å². The highest BCUT2D eigenvalue weighted by molar-refractivity contribution is 6.18. The van der Waals surface area contributed by atoms with E-state index in [9.17, 15) is 20.2 Å². The fourth-order valence-corrected chi connectivity index (χ4v) is 3.83. The van der Waals surface area contributed by atoms with Crippen LogP contribution in [0, 0.1) is 20.2 Å². The second-order valence-electron chi connectivity index (χ2n) is 7.10. The zero-order valence-corrected chi connectivity index (χ0v) is 15.6. The predicted octanol–water partition coefficient (Wildman–Crippen LogP) is 5.98. The van der Waals surface area contributed by atoms with Crippen molar-refractivity contribution in [1.82, 2.24) is 0 Å². The van der Waals surface area contributed by atoms with E-state index in [4.69, 9.17) is 0 Å². The number of non-ortho nitro benzene ring substituents is 2. The Kier molecular flexibility index (Phi) is 3.93. The number of benzene rings is 4. The molecule has 6 heteroatoms. The zero-order chi connectivity index (χ0) is 20.8. The van der Waals surface area contributed by atoms with E-state index >= 15 is 0 Å². The summed E-state index contributed by atoms with van der Waals surface area (Å²) in [4.78, 5) is 21.2. The van der Waals surface area contributed by atoms with Crippen molar-refractivity contribution in [2.45, 2.75) is 0 Å². The summed E-state index contributed by atoms with van der Waals surface area (Å²) in [6.45, 7) is 0. The van der Waals surface area contributed by atoms with E-state index in [0.717, 1.165) is 44.2 Å². The first-order chi connectivity index (χ1) is 14.5. The molecule has 6 nitrogen and oxygen atoms in total. The van der Waals surface area contributed by atoms with Crippen LogP contribution in [0.25, 0.3) is 21.9 Å². The molecule has 144 valence electrons. The summed E-state index contributed by atoms with van der Waals surface area (Å²) in [5, 5.41) is 24.4. The number of hydrogen-bond donors (Lipinski definition) is 0. The van der Waals surface area contributed by atoms with Crippen molar-refractivity contribution in [2.24, 2.45) is 0 Å². The fraction of sp³-hybridized carbons (Fsp3) is 0. The molecular formula is C24H14N2O4. The highest BCUT2D eigenvalue weighted by Gasteiger charge is 2.30. The summed E-state index contributed by atoms with van der Waals surface area (Å²) in [5.41, 5.74) is 5.91. The zero-order valence-electron chi connectivity index (χ0n) is 15.6. The minimum atomic E-state index is -0.429. The maximum absolute atomic E-state index is 11.0. The van der Waals surface area contributed by atoms with Crippen LogP contribution >= 0.6 is 0 Å². The maximum atomic E-state index is 11.0. The highest BCUT2D eigenvalue weighted by Crippen LogP contribution is 2.51. The second-order valence-corrected chi connectivity index (χ2v) is 7.10. The Balaban J connectivity index is 1.70. The highest BCUT2D eigenvalue weighted by atomic mass is 16.6. The van der Waals surface area contributed by atoms with Gasteiger partial charge in [-0.25, -0.2) is 0 Å². The fourth-order valence-electron chi connectivity index (χ4n) is 3.83. The number of nitro groups is 2. The van der Waals surface area contributed by atoms with Gasteiger partial charge in [-0.05, 0) is 80.6 Å². The van der Waals surface area contributed by atoms with Crippen LogP contribution in [-0.2, 0) is 0 Å². The topological polar surface area (TPSA) is 86.3 Å². The molecule has 0 fully saturated rings. The average Bonchev–Trinajstić information content (AvgIpc) is 3.45. The summed E-state index contributed by atoms with van der Waals surface area (Å²) < 4.78 is 0. The van der Waals surface area contributed by atoms with Gasteiger partial charge >= 0.3 is 0 Å². The van der Waals surface area contributed by atoms with Crippen molar-refractivity contribution in [3.8, 4) is 0 Å². The van der Waals surface area contributed by atoms with Gasteiger partial charge in [0.1, 0.15) is 0 Å². The van der Waals surface area contributed by atoms with Crippen LogP contribution in [0.15, 0.2) is 84.9 Å². The second kappa shape index (κ2) is 6.63. The monoisotopic (exact) mass is 394 g/mol. The van der Waals surface area contributed by atoms with Crippen LogP contribution in [-0.4, -0.2) is 9.85 Å². The quantitative estimate of drug-likeness (QED) is 0.277. The Bertz CT molecular complexity index is 1270. The molecule has 30 heavy (non-hydrogen) atoms. The Morgan fingerprint density at radius 2 is 1.00 bits per heavy atom. The van der Waals surface area contributed by atoms with Crippen molar-refractivity contribution in [1.29, 1.82) is 0 Å². The first-order valence-electron chi connectivity index (χ1n) is 9.30. The van der Waals surface area contributed by atoms with E-state index in [2.05, 4.69) is 24.3 Å². The Hall–Kier alpha value is -4.32. The van der Waals surface area contributed by atoms with Gasteiger partial charge in [-0.1, -0.05) is 24.3 Å². The van der Waals surface area contributed by atoms with Crippen LogP contribution in [0.4, 0.5) is 11.4 Å². The molecule has 4 aromatic rings. The van der Waals surface area contributed by atoms with Crippen molar-refractivity contribution < 1.29 is 9.85 Å². The van der Waals surface area contributed by atoms with Crippen LogP contribution < -0.4 is 0 Å². The minimum absolute atomic E-state index is 0.0193. The summed E-state index contributed by atoms with van der Waals surface area (Å²) >= 11 is 0. The number of fused-ring (bicyclic) bond motifs is 2. The van der Waals surface area contributed by atoms with Gasteiger partial charge in [0.05, 0.1) is 9.85 Å². The van der Waals surface area contributed by atoms with E-state index in [1.807, 2.05) is 12.1 Å². The summed E-state index contributed by atoms with van der Waals surface area (Å²) in [6, 6.07) is 25.2. The van der Waals surface area contributed by atoms with Gasteiger partial charge in [0.25, 0.3) is 11.4 Å². The van der Waals surface area contributed by atoms with Gasteiger partial charge in [0.15, 0.2) is 0 Å². The van der Waals surface area contributed by atoms with Crippen molar-refractivity contribution in [3.63, 3.8) is 0 Å². The number of hydrogen-bond acceptors (Lipinski definition) is 4. The lowest BCUT2D eigenvalue weighted by atomic mass is 9.95. The van der Waals surface area contributed by atoms with Gasteiger partial charge in [0.2, 0.25) is 0 Å². The molecule has 0 spiro atoms. The predicted molar refractivity (Wildman–Crippen MR) is 115 cm³/mol. The number of nitro benzene ring substituents is 2. The summed E-state index contributed by atoms with van der Waals surface area (Å²) in [5.74, 6) is 0. The Labute approximate surface area is 171 Å². The van der Waals surface area contributed by atoms with Gasteiger partial charge in [0, 0.05) is 24.3 Å². The van der Waals surface area contributed by atoms with Gasteiger partial charge in [-0.3, -0.25) is 20.2 Å². The van der Waals surface area contributed by atoms with Crippen LogP contribution in [0.3, 0.4) is 0 Å². The molecule has 0 bridgehead atoms. The molecule has 1 aliphatic rings. The molecule has 0 heterocycles. The molecule has 0 aliphatic heterocycles. The Morgan fingerprint density at radius 1 is 0.600 bits per heavy atom. The Morgan fingerprint density at radius 3 is 1.37 bits per heavy atom. The standard InChI is InChI=1S/C24H14N2O4/c27-25(28)19-9-5-15(6-10-19)23(16-7-11-20(12-8-16)26(29)30)24-21-13-17-3-1-2-4-18(17)14-22(21)24/h1-14H. The average molecular weight is 394 g/mol. The van der Waals surface area contributed by atoms with Crippen LogP contribution in [0.1, 0.15) is 22.3 Å².